The monoisotopic (exact) mass is 278 g/mol. The Hall–Kier alpha value is -2.15. The van der Waals surface area contributed by atoms with Gasteiger partial charge in [0.05, 0.1) is 11.9 Å². The second-order valence-corrected chi connectivity index (χ2v) is 4.61. The van der Waals surface area contributed by atoms with Crippen molar-refractivity contribution >= 4 is 17.0 Å². The van der Waals surface area contributed by atoms with Crippen LogP contribution in [-0.4, -0.2) is 35.0 Å². The number of aryl methyl sites for hydroxylation is 1. The van der Waals surface area contributed by atoms with Crippen LogP contribution in [0, 0.1) is 6.92 Å². The van der Waals surface area contributed by atoms with E-state index in [0.717, 1.165) is 6.54 Å². The second-order valence-electron chi connectivity index (χ2n) is 4.61. The first-order valence-corrected chi connectivity index (χ1v) is 6.53. The minimum absolute atomic E-state index is 0.152. The van der Waals surface area contributed by atoms with Crippen LogP contribution in [-0.2, 0) is 0 Å². The van der Waals surface area contributed by atoms with E-state index in [9.17, 15) is 9.59 Å². The standard InChI is InChI=1S/C13H18N4O3/c1-4-14-7(2)5-15-11(18)9-8(3)20-13-10(9)12(19)16-6-17-13/h6-7,14H,4-5H2,1-3H3,(H,15,18)(H,16,17,19)/t7-/m1/s1. The van der Waals surface area contributed by atoms with Crippen LogP contribution in [0.15, 0.2) is 15.5 Å². The highest BCUT2D eigenvalue weighted by Gasteiger charge is 2.21. The molecule has 2 heterocycles. The predicted octanol–water partition coefficient (Wildman–Crippen LogP) is 0.552. The molecule has 1 amide bonds. The van der Waals surface area contributed by atoms with Gasteiger partial charge in [-0.25, -0.2) is 4.98 Å². The molecular formula is C13H18N4O3. The first-order valence-electron chi connectivity index (χ1n) is 6.53. The lowest BCUT2D eigenvalue weighted by molar-refractivity contribution is 0.0950. The van der Waals surface area contributed by atoms with E-state index in [1.807, 2.05) is 13.8 Å². The summed E-state index contributed by atoms with van der Waals surface area (Å²) in [6.45, 7) is 6.91. The van der Waals surface area contributed by atoms with E-state index in [1.165, 1.54) is 6.33 Å². The minimum atomic E-state index is -0.378. The summed E-state index contributed by atoms with van der Waals surface area (Å²) >= 11 is 0. The second kappa shape index (κ2) is 5.87. The molecule has 0 bridgehead atoms. The Labute approximate surface area is 115 Å². The lowest BCUT2D eigenvalue weighted by atomic mass is 10.1. The van der Waals surface area contributed by atoms with Crippen molar-refractivity contribution in [3.8, 4) is 0 Å². The maximum Gasteiger partial charge on any atom is 0.262 e. The molecule has 1 atom stereocenters. The molecule has 0 saturated heterocycles. The molecule has 2 aromatic heterocycles. The fourth-order valence-corrected chi connectivity index (χ4v) is 2.08. The summed E-state index contributed by atoms with van der Waals surface area (Å²) in [4.78, 5) is 30.4. The summed E-state index contributed by atoms with van der Waals surface area (Å²) in [6.07, 6.45) is 1.25. The zero-order valence-corrected chi connectivity index (χ0v) is 11.7. The third-order valence-electron chi connectivity index (χ3n) is 3.02. The fourth-order valence-electron chi connectivity index (χ4n) is 2.08. The van der Waals surface area contributed by atoms with Crippen molar-refractivity contribution in [1.29, 1.82) is 0 Å². The Balaban J connectivity index is 2.26. The van der Waals surface area contributed by atoms with Crippen LogP contribution in [0.25, 0.3) is 11.1 Å². The molecule has 0 aliphatic heterocycles. The number of carbonyl (C=O) groups excluding carboxylic acids is 1. The van der Waals surface area contributed by atoms with Gasteiger partial charge in [-0.05, 0) is 20.4 Å². The van der Waals surface area contributed by atoms with Crippen LogP contribution in [0.1, 0.15) is 30.0 Å². The van der Waals surface area contributed by atoms with Crippen molar-refractivity contribution in [3.63, 3.8) is 0 Å². The van der Waals surface area contributed by atoms with Crippen LogP contribution in [0.5, 0.6) is 0 Å². The average molecular weight is 278 g/mol. The number of nitrogens with one attached hydrogen (secondary N) is 3. The van der Waals surface area contributed by atoms with E-state index >= 15 is 0 Å². The number of likely N-dealkylation sites (N-methyl/N-ethyl adjacent to an activating group) is 1. The van der Waals surface area contributed by atoms with Crippen molar-refractivity contribution in [2.24, 2.45) is 0 Å². The van der Waals surface area contributed by atoms with Gasteiger partial charge in [-0.3, -0.25) is 9.59 Å². The molecule has 0 fully saturated rings. The summed E-state index contributed by atoms with van der Waals surface area (Å²) in [5, 5.41) is 6.17. The molecule has 0 unspecified atom stereocenters. The van der Waals surface area contributed by atoms with Gasteiger partial charge in [-0.15, -0.1) is 0 Å². The number of furan rings is 1. The molecular weight excluding hydrogens is 260 g/mol. The Kier molecular flexibility index (Phi) is 4.19. The third kappa shape index (κ3) is 2.72. The summed E-state index contributed by atoms with van der Waals surface area (Å²) in [6, 6.07) is 0.152. The molecule has 20 heavy (non-hydrogen) atoms. The Bertz CT molecular complexity index is 674. The Morgan fingerprint density at radius 2 is 2.30 bits per heavy atom. The molecule has 3 N–H and O–H groups in total. The van der Waals surface area contributed by atoms with Gasteiger partial charge in [0.2, 0.25) is 5.71 Å². The molecule has 0 aliphatic carbocycles. The highest BCUT2D eigenvalue weighted by atomic mass is 16.3. The molecule has 0 saturated carbocycles. The van der Waals surface area contributed by atoms with Gasteiger partial charge < -0.3 is 20.0 Å². The number of amides is 1. The van der Waals surface area contributed by atoms with E-state index in [-0.39, 0.29) is 34.2 Å². The highest BCUT2D eigenvalue weighted by Crippen LogP contribution is 2.19. The van der Waals surface area contributed by atoms with Crippen LogP contribution in [0.2, 0.25) is 0 Å². The van der Waals surface area contributed by atoms with Crippen LogP contribution in [0.3, 0.4) is 0 Å². The van der Waals surface area contributed by atoms with Crippen molar-refractivity contribution in [1.82, 2.24) is 20.6 Å². The molecule has 108 valence electrons. The summed E-state index contributed by atoms with van der Waals surface area (Å²) < 4.78 is 5.35. The summed E-state index contributed by atoms with van der Waals surface area (Å²) in [5.74, 6) is 0.0577. The van der Waals surface area contributed by atoms with Crippen molar-refractivity contribution in [2.75, 3.05) is 13.1 Å². The lowest BCUT2D eigenvalue weighted by Gasteiger charge is -2.12. The third-order valence-corrected chi connectivity index (χ3v) is 3.02. The minimum Gasteiger partial charge on any atom is -0.442 e. The number of aromatic nitrogens is 2. The molecule has 0 aromatic carbocycles. The van der Waals surface area contributed by atoms with E-state index in [2.05, 4.69) is 20.6 Å². The van der Waals surface area contributed by atoms with Gasteiger partial charge >= 0.3 is 0 Å². The highest BCUT2D eigenvalue weighted by molar-refractivity contribution is 6.06. The molecule has 0 aliphatic rings. The number of fused-ring (bicyclic) bond motifs is 1. The van der Waals surface area contributed by atoms with E-state index in [1.54, 1.807) is 6.92 Å². The Morgan fingerprint density at radius 3 is 3.00 bits per heavy atom. The average Bonchev–Trinajstić information content (AvgIpc) is 2.74. The molecule has 7 heteroatoms. The number of H-pyrrole nitrogens is 1. The molecule has 0 spiro atoms. The number of hydrogen-bond acceptors (Lipinski definition) is 5. The van der Waals surface area contributed by atoms with Gasteiger partial charge in [-0.2, -0.15) is 0 Å². The fraction of sp³-hybridized carbons (Fsp3) is 0.462. The van der Waals surface area contributed by atoms with Gasteiger partial charge in [0.25, 0.3) is 11.5 Å². The molecule has 2 rings (SSSR count). The zero-order valence-electron chi connectivity index (χ0n) is 11.7. The van der Waals surface area contributed by atoms with Gasteiger partial charge in [0.15, 0.2) is 0 Å². The topological polar surface area (TPSA) is 100 Å². The molecule has 0 radical (unpaired) electrons. The van der Waals surface area contributed by atoms with Crippen LogP contribution >= 0.6 is 0 Å². The first-order chi connectivity index (χ1) is 9.54. The Morgan fingerprint density at radius 1 is 1.55 bits per heavy atom. The zero-order chi connectivity index (χ0) is 14.7. The smallest absolute Gasteiger partial charge is 0.262 e. The van der Waals surface area contributed by atoms with Gasteiger partial charge in [0, 0.05) is 12.6 Å². The van der Waals surface area contributed by atoms with E-state index in [0.29, 0.717) is 12.3 Å². The van der Waals surface area contributed by atoms with Crippen LogP contribution in [0.4, 0.5) is 0 Å². The number of carbonyl (C=O) groups is 1. The van der Waals surface area contributed by atoms with Crippen molar-refractivity contribution in [2.45, 2.75) is 26.8 Å². The number of rotatable bonds is 5. The van der Waals surface area contributed by atoms with E-state index < -0.39 is 0 Å². The largest absolute Gasteiger partial charge is 0.442 e. The SMILES string of the molecule is CCN[C@H](C)CNC(=O)c1c(C)oc2nc[nH]c(=O)c12. The van der Waals surface area contributed by atoms with Gasteiger partial charge in [-0.1, -0.05) is 6.92 Å². The van der Waals surface area contributed by atoms with E-state index in [4.69, 9.17) is 4.42 Å². The maximum atomic E-state index is 12.2. The lowest BCUT2D eigenvalue weighted by Crippen LogP contribution is -2.39. The normalized spacial score (nSPS) is 12.6. The molecule has 7 nitrogen and oxygen atoms in total. The number of aromatic amines is 1. The van der Waals surface area contributed by atoms with Crippen molar-refractivity contribution in [3.05, 3.63) is 28.0 Å². The quantitative estimate of drug-likeness (QED) is 0.741. The summed E-state index contributed by atoms with van der Waals surface area (Å²) in [7, 11) is 0. The number of nitrogens with zero attached hydrogens (tertiary/aromatic N) is 1. The number of hydrogen-bond donors (Lipinski definition) is 3. The van der Waals surface area contributed by atoms with Crippen molar-refractivity contribution < 1.29 is 9.21 Å². The predicted molar refractivity (Wildman–Crippen MR) is 74.8 cm³/mol. The first kappa shape index (κ1) is 14.3. The molecule has 2 aromatic rings. The maximum absolute atomic E-state index is 12.2. The van der Waals surface area contributed by atoms with Crippen LogP contribution < -0.4 is 16.2 Å². The summed E-state index contributed by atoms with van der Waals surface area (Å²) in [5.41, 5.74) is 0.0471. The van der Waals surface area contributed by atoms with Gasteiger partial charge in [0.1, 0.15) is 11.1 Å².